The van der Waals surface area contributed by atoms with Crippen LogP contribution in [0.15, 0.2) is 42.5 Å². The van der Waals surface area contributed by atoms with E-state index in [1.807, 2.05) is 6.07 Å². The molecule has 164 valence electrons. The second-order valence-electron chi connectivity index (χ2n) is 8.62. The van der Waals surface area contributed by atoms with E-state index in [0.29, 0.717) is 16.7 Å². The van der Waals surface area contributed by atoms with Gasteiger partial charge in [0.15, 0.2) is 0 Å². The van der Waals surface area contributed by atoms with Crippen LogP contribution in [-0.4, -0.2) is 34.6 Å². The van der Waals surface area contributed by atoms with Gasteiger partial charge in [-0.25, -0.2) is 4.39 Å². The molecular formula is C24H22FN3O4. The first kappa shape index (κ1) is 20.4. The molecule has 8 heteroatoms. The lowest BCUT2D eigenvalue weighted by Crippen LogP contribution is -2.52. The van der Waals surface area contributed by atoms with Gasteiger partial charge in [-0.2, -0.15) is 0 Å². The number of carbonyl (C=O) groups is 4. The maximum atomic E-state index is 13.7. The summed E-state index contributed by atoms with van der Waals surface area (Å²) in [6.07, 6.45) is 2.42. The Hall–Kier alpha value is -3.55. The molecule has 2 fully saturated rings. The van der Waals surface area contributed by atoms with E-state index in [1.54, 1.807) is 24.3 Å². The van der Waals surface area contributed by atoms with Crippen LogP contribution in [0.25, 0.3) is 0 Å². The van der Waals surface area contributed by atoms with Crippen molar-refractivity contribution in [3.8, 4) is 0 Å². The highest BCUT2D eigenvalue weighted by Gasteiger charge is 2.39. The number of hydrogen-bond acceptors (Lipinski definition) is 4. The van der Waals surface area contributed by atoms with Gasteiger partial charge in [0.1, 0.15) is 11.9 Å². The van der Waals surface area contributed by atoms with E-state index in [0.717, 1.165) is 18.4 Å². The second kappa shape index (κ2) is 7.85. The second-order valence-corrected chi connectivity index (χ2v) is 8.62. The quantitative estimate of drug-likeness (QED) is 0.706. The third-order valence-corrected chi connectivity index (χ3v) is 6.37. The fourth-order valence-electron chi connectivity index (χ4n) is 4.54. The number of benzene rings is 2. The minimum atomic E-state index is -0.697. The van der Waals surface area contributed by atoms with E-state index in [9.17, 15) is 23.6 Å². The van der Waals surface area contributed by atoms with E-state index < -0.39 is 11.9 Å². The Labute approximate surface area is 184 Å². The lowest BCUT2D eigenvalue weighted by molar-refractivity contribution is -0.136. The molecular weight excluding hydrogens is 413 g/mol. The summed E-state index contributed by atoms with van der Waals surface area (Å²) in [5, 5.41) is 5.30. The predicted octanol–water partition coefficient (Wildman–Crippen LogP) is 2.47. The van der Waals surface area contributed by atoms with E-state index in [4.69, 9.17) is 0 Å². The van der Waals surface area contributed by atoms with Gasteiger partial charge in [0, 0.05) is 24.1 Å². The van der Waals surface area contributed by atoms with Gasteiger partial charge in [-0.15, -0.1) is 0 Å². The summed E-state index contributed by atoms with van der Waals surface area (Å²) >= 11 is 0. The van der Waals surface area contributed by atoms with Crippen LogP contribution in [0, 0.1) is 11.7 Å². The van der Waals surface area contributed by atoms with Crippen molar-refractivity contribution in [2.45, 2.75) is 44.3 Å². The fraction of sp³-hybridized carbons (Fsp3) is 0.333. The first-order valence-electron chi connectivity index (χ1n) is 10.7. The maximum Gasteiger partial charge on any atom is 0.255 e. The lowest BCUT2D eigenvalue weighted by Gasteiger charge is -2.29. The summed E-state index contributed by atoms with van der Waals surface area (Å²) < 4.78 is 13.7. The largest absolute Gasteiger partial charge is 0.345 e. The van der Waals surface area contributed by atoms with Crippen molar-refractivity contribution < 1.29 is 23.6 Å². The SMILES string of the molecule is O=C1CCC(N2Cc3cc(C(=O)N[C@H](c4cccc(F)c4)C4CC4)ccc3C2=O)C(=O)N1. The van der Waals surface area contributed by atoms with Gasteiger partial charge in [-0.3, -0.25) is 24.5 Å². The number of piperidine rings is 1. The van der Waals surface area contributed by atoms with Crippen molar-refractivity contribution in [1.82, 2.24) is 15.5 Å². The molecule has 4 amide bonds. The van der Waals surface area contributed by atoms with Crippen LogP contribution in [-0.2, 0) is 16.1 Å². The van der Waals surface area contributed by atoms with Gasteiger partial charge in [-0.05, 0) is 66.6 Å². The van der Waals surface area contributed by atoms with Crippen LogP contribution in [0.4, 0.5) is 4.39 Å². The minimum absolute atomic E-state index is 0.187. The molecule has 2 heterocycles. The number of fused-ring (bicyclic) bond motifs is 1. The van der Waals surface area contributed by atoms with Crippen molar-refractivity contribution >= 4 is 23.6 Å². The molecule has 2 atom stereocenters. The molecule has 0 spiro atoms. The Morgan fingerprint density at radius 2 is 1.91 bits per heavy atom. The van der Waals surface area contributed by atoms with E-state index in [2.05, 4.69) is 10.6 Å². The number of nitrogens with one attached hydrogen (secondary N) is 2. The number of carbonyl (C=O) groups excluding carboxylic acids is 4. The van der Waals surface area contributed by atoms with Crippen molar-refractivity contribution in [2.75, 3.05) is 0 Å². The van der Waals surface area contributed by atoms with Crippen molar-refractivity contribution in [3.05, 3.63) is 70.5 Å². The van der Waals surface area contributed by atoms with Gasteiger partial charge in [-0.1, -0.05) is 12.1 Å². The Morgan fingerprint density at radius 1 is 1.09 bits per heavy atom. The number of imide groups is 1. The summed E-state index contributed by atoms with van der Waals surface area (Å²) in [6, 6.07) is 10.2. The molecule has 1 aliphatic carbocycles. The highest BCUT2D eigenvalue weighted by atomic mass is 19.1. The van der Waals surface area contributed by atoms with E-state index >= 15 is 0 Å². The molecule has 2 aliphatic heterocycles. The van der Waals surface area contributed by atoms with Crippen molar-refractivity contribution in [2.24, 2.45) is 5.92 Å². The molecule has 0 bridgehead atoms. The Kier molecular flexibility index (Phi) is 5.00. The molecule has 1 saturated heterocycles. The van der Waals surface area contributed by atoms with Gasteiger partial charge in [0.2, 0.25) is 11.8 Å². The zero-order valence-corrected chi connectivity index (χ0v) is 17.3. The van der Waals surface area contributed by atoms with Gasteiger partial charge >= 0.3 is 0 Å². The molecule has 7 nitrogen and oxygen atoms in total. The number of halogens is 1. The number of rotatable bonds is 5. The molecule has 2 aromatic rings. The minimum Gasteiger partial charge on any atom is -0.345 e. The van der Waals surface area contributed by atoms with Crippen molar-refractivity contribution in [1.29, 1.82) is 0 Å². The normalized spacial score (nSPS) is 21.2. The summed E-state index contributed by atoms with van der Waals surface area (Å²) in [6.45, 7) is 0.206. The zero-order chi connectivity index (χ0) is 22.4. The zero-order valence-electron chi connectivity index (χ0n) is 17.3. The Morgan fingerprint density at radius 3 is 2.62 bits per heavy atom. The van der Waals surface area contributed by atoms with Crippen LogP contribution in [0.3, 0.4) is 0 Å². The average molecular weight is 435 g/mol. The molecule has 0 aromatic heterocycles. The number of nitrogens with zero attached hydrogens (tertiary/aromatic N) is 1. The third kappa shape index (κ3) is 3.77. The smallest absolute Gasteiger partial charge is 0.255 e. The fourth-order valence-corrected chi connectivity index (χ4v) is 4.54. The standard InChI is InChI=1S/C24H22FN3O4/c25-17-3-1-2-14(11-17)21(13-4-5-13)27-22(30)15-6-7-18-16(10-15)12-28(24(18)32)19-8-9-20(29)26-23(19)31/h1-3,6-7,10-11,13,19,21H,4-5,8-9,12H2,(H,27,30)(H,26,29,31)/t19?,21-/m0/s1. The maximum absolute atomic E-state index is 13.7. The first-order valence-corrected chi connectivity index (χ1v) is 10.7. The highest BCUT2D eigenvalue weighted by molar-refractivity contribution is 6.06. The predicted molar refractivity (Wildman–Crippen MR) is 112 cm³/mol. The van der Waals surface area contributed by atoms with Crippen LogP contribution >= 0.6 is 0 Å². The molecule has 2 aromatic carbocycles. The Balaban J connectivity index is 1.34. The summed E-state index contributed by atoms with van der Waals surface area (Å²) in [5.74, 6) is -1.44. The molecule has 32 heavy (non-hydrogen) atoms. The first-order chi connectivity index (χ1) is 15.4. The number of hydrogen-bond donors (Lipinski definition) is 2. The topological polar surface area (TPSA) is 95.6 Å². The monoisotopic (exact) mass is 435 g/mol. The summed E-state index contributed by atoms with van der Waals surface area (Å²) in [4.78, 5) is 50.9. The van der Waals surface area contributed by atoms with Gasteiger partial charge < -0.3 is 10.2 Å². The highest BCUT2D eigenvalue weighted by Crippen LogP contribution is 2.41. The van der Waals surface area contributed by atoms with Crippen LogP contribution < -0.4 is 10.6 Å². The molecule has 3 aliphatic rings. The van der Waals surface area contributed by atoms with Gasteiger partial charge in [0.25, 0.3) is 11.8 Å². The summed E-state index contributed by atoms with van der Waals surface area (Å²) in [5.41, 5.74) is 2.26. The van der Waals surface area contributed by atoms with Gasteiger partial charge in [0.05, 0.1) is 6.04 Å². The molecule has 1 saturated carbocycles. The van der Waals surface area contributed by atoms with Crippen molar-refractivity contribution in [3.63, 3.8) is 0 Å². The third-order valence-electron chi connectivity index (χ3n) is 6.37. The average Bonchev–Trinajstić information content (AvgIpc) is 3.56. The van der Waals surface area contributed by atoms with E-state index in [-0.39, 0.29) is 54.9 Å². The molecule has 1 unspecified atom stereocenters. The number of amides is 4. The lowest BCUT2D eigenvalue weighted by atomic mass is 10.0. The summed E-state index contributed by atoms with van der Waals surface area (Å²) in [7, 11) is 0. The van der Waals surface area contributed by atoms with E-state index in [1.165, 1.54) is 17.0 Å². The van der Waals surface area contributed by atoms with Crippen LogP contribution in [0.1, 0.15) is 63.6 Å². The van der Waals surface area contributed by atoms with Crippen LogP contribution in [0.5, 0.6) is 0 Å². The Bertz CT molecular complexity index is 1140. The molecule has 2 N–H and O–H groups in total. The van der Waals surface area contributed by atoms with Crippen LogP contribution in [0.2, 0.25) is 0 Å². The molecule has 0 radical (unpaired) electrons. The molecule has 5 rings (SSSR count).